The van der Waals surface area contributed by atoms with Gasteiger partial charge < -0.3 is 14.4 Å². The molecule has 41 heavy (non-hydrogen) atoms. The van der Waals surface area contributed by atoms with Gasteiger partial charge in [-0.1, -0.05) is 17.7 Å². The molecule has 216 valence electrons. The number of sulfonamides is 1. The Balaban J connectivity index is 1.35. The maximum absolute atomic E-state index is 13.9. The summed E-state index contributed by atoms with van der Waals surface area (Å²) in [6.07, 6.45) is 10.3. The number of allylic oxidation sites excluding steroid dienone is 4. The van der Waals surface area contributed by atoms with E-state index in [4.69, 9.17) is 9.47 Å². The fourth-order valence-electron chi connectivity index (χ4n) is 5.48. The number of likely N-dealkylation sites (N-methyl/N-ethyl adjacent to an activating group) is 1. The lowest BCUT2D eigenvalue weighted by Crippen LogP contribution is -2.35. The molecule has 0 radical (unpaired) electrons. The lowest BCUT2D eigenvalue weighted by Gasteiger charge is -2.27. The molecule has 0 unspecified atom stereocenters. The quantitative estimate of drug-likeness (QED) is 0.416. The van der Waals surface area contributed by atoms with E-state index in [1.807, 2.05) is 19.1 Å². The summed E-state index contributed by atoms with van der Waals surface area (Å²) in [5, 5.41) is 2.45. The third-order valence-corrected chi connectivity index (χ3v) is 11.7. The van der Waals surface area contributed by atoms with Gasteiger partial charge in [0, 0.05) is 36.0 Å². The summed E-state index contributed by atoms with van der Waals surface area (Å²) >= 11 is 3.50. The SMILES string of the molecule is Cc1ccc(S(=O)(=O)N(C)C2=C(/C=C3\C=CC(=[N+]4CCOCC4)S3)CC/C2=C\c2ccc(N3CCOCC3)s2)cc1. The number of morpholine rings is 2. The molecule has 3 aliphatic heterocycles. The van der Waals surface area contributed by atoms with E-state index in [0.717, 1.165) is 97.6 Å². The minimum absolute atomic E-state index is 0.306. The maximum atomic E-state index is 13.9. The van der Waals surface area contributed by atoms with Gasteiger partial charge in [-0.3, -0.25) is 4.31 Å². The Morgan fingerprint density at radius 3 is 2.41 bits per heavy atom. The highest BCUT2D eigenvalue weighted by Crippen LogP contribution is 2.41. The first-order valence-electron chi connectivity index (χ1n) is 14.1. The summed E-state index contributed by atoms with van der Waals surface area (Å²) in [6.45, 7) is 8.53. The normalized spacial score (nSPS) is 22.0. The monoisotopic (exact) mass is 610 g/mol. The van der Waals surface area contributed by atoms with E-state index in [9.17, 15) is 8.42 Å². The van der Waals surface area contributed by atoms with Crippen LogP contribution in [0.5, 0.6) is 0 Å². The Hall–Kier alpha value is -2.63. The Kier molecular flexibility index (Phi) is 8.55. The third kappa shape index (κ3) is 6.27. The fourth-order valence-corrected chi connectivity index (χ4v) is 8.80. The number of thioether (sulfide) groups is 1. The number of nitrogens with zero attached hydrogens (tertiary/aromatic N) is 3. The van der Waals surface area contributed by atoms with Gasteiger partial charge in [-0.25, -0.2) is 13.0 Å². The maximum Gasteiger partial charge on any atom is 0.264 e. The van der Waals surface area contributed by atoms with Crippen molar-refractivity contribution in [2.24, 2.45) is 0 Å². The first kappa shape index (κ1) is 28.5. The van der Waals surface area contributed by atoms with Crippen LogP contribution in [0.1, 0.15) is 23.3 Å². The molecule has 4 aliphatic rings. The molecule has 7 nitrogen and oxygen atoms in total. The fraction of sp³-hybridized carbons (Fsp3) is 0.387. The molecule has 0 saturated carbocycles. The van der Waals surface area contributed by atoms with Gasteiger partial charge >= 0.3 is 0 Å². The Bertz CT molecular complexity index is 1550. The van der Waals surface area contributed by atoms with Crippen molar-refractivity contribution >= 4 is 49.2 Å². The summed E-state index contributed by atoms with van der Waals surface area (Å²) < 4.78 is 42.6. The van der Waals surface area contributed by atoms with Crippen molar-refractivity contribution in [3.8, 4) is 0 Å². The van der Waals surface area contributed by atoms with E-state index in [-0.39, 0.29) is 0 Å². The van der Waals surface area contributed by atoms with Crippen molar-refractivity contribution in [3.63, 3.8) is 0 Å². The molecular weight excluding hydrogens is 575 g/mol. The van der Waals surface area contributed by atoms with Gasteiger partial charge in [-0.15, -0.1) is 11.3 Å². The highest BCUT2D eigenvalue weighted by Gasteiger charge is 2.31. The second-order valence-electron chi connectivity index (χ2n) is 10.5. The highest BCUT2D eigenvalue weighted by molar-refractivity contribution is 8.18. The number of anilines is 1. The van der Waals surface area contributed by atoms with Crippen molar-refractivity contribution in [2.75, 3.05) is 64.6 Å². The average Bonchev–Trinajstić information content (AvgIpc) is 3.75. The molecule has 2 saturated heterocycles. The van der Waals surface area contributed by atoms with Crippen LogP contribution in [0.2, 0.25) is 0 Å². The van der Waals surface area contributed by atoms with Crippen LogP contribution in [0, 0.1) is 6.92 Å². The van der Waals surface area contributed by atoms with E-state index < -0.39 is 10.0 Å². The van der Waals surface area contributed by atoms with Crippen molar-refractivity contribution < 1.29 is 22.5 Å². The van der Waals surface area contributed by atoms with E-state index in [1.165, 1.54) is 14.4 Å². The second-order valence-corrected chi connectivity index (χ2v) is 14.7. The topological polar surface area (TPSA) is 62.1 Å². The largest absolute Gasteiger partial charge is 0.378 e. The lowest BCUT2D eigenvalue weighted by atomic mass is 10.1. The molecule has 0 spiro atoms. The minimum Gasteiger partial charge on any atom is -0.378 e. The standard InChI is InChI=1S/C31H36N3O4S3/c1-23-3-9-28(10-4-23)41(35,36)32(2)31-24(21-26-7-11-29(39-26)33-13-17-37-18-14-33)5-6-25(31)22-27-8-12-30(40-27)34-15-19-38-20-16-34/h3-4,7-12,21-22H,5-6,13-20H2,1-2H3/q+1. The molecule has 0 N–H and O–H groups in total. The molecule has 1 aromatic heterocycles. The summed E-state index contributed by atoms with van der Waals surface area (Å²) in [5.74, 6) is 0. The van der Waals surface area contributed by atoms with Crippen molar-refractivity contribution in [3.05, 3.63) is 86.8 Å². The molecule has 10 heteroatoms. The smallest absolute Gasteiger partial charge is 0.264 e. The number of benzene rings is 1. The Labute approximate surface area is 251 Å². The summed E-state index contributed by atoms with van der Waals surface area (Å²) in [5.41, 5.74) is 3.92. The molecule has 2 fully saturated rings. The van der Waals surface area contributed by atoms with Crippen LogP contribution >= 0.6 is 23.1 Å². The molecule has 0 amide bonds. The number of ether oxygens (including phenoxy) is 2. The average molecular weight is 611 g/mol. The van der Waals surface area contributed by atoms with Gasteiger partial charge in [0.1, 0.15) is 13.2 Å². The number of aryl methyl sites for hydroxylation is 1. The number of hydrogen-bond donors (Lipinski definition) is 0. The summed E-state index contributed by atoms with van der Waals surface area (Å²) in [7, 11) is -2.04. The van der Waals surface area contributed by atoms with E-state index >= 15 is 0 Å². The molecule has 1 aromatic carbocycles. The van der Waals surface area contributed by atoms with Crippen LogP contribution in [-0.2, 0) is 19.5 Å². The Morgan fingerprint density at radius 1 is 0.927 bits per heavy atom. The van der Waals surface area contributed by atoms with Crippen LogP contribution in [0.4, 0.5) is 5.00 Å². The van der Waals surface area contributed by atoms with E-state index in [2.05, 4.69) is 45.9 Å². The van der Waals surface area contributed by atoms with Gasteiger partial charge in [0.25, 0.3) is 10.0 Å². The zero-order chi connectivity index (χ0) is 28.4. The molecule has 0 atom stereocenters. The third-order valence-electron chi connectivity index (χ3n) is 7.77. The minimum atomic E-state index is -3.74. The number of thiophene rings is 1. The van der Waals surface area contributed by atoms with E-state index in [0.29, 0.717) is 4.90 Å². The van der Waals surface area contributed by atoms with Crippen LogP contribution in [-0.4, -0.2) is 82.0 Å². The van der Waals surface area contributed by atoms with Gasteiger partial charge in [0.05, 0.1) is 28.8 Å². The Morgan fingerprint density at radius 2 is 1.66 bits per heavy atom. The number of hydrogen-bond acceptors (Lipinski definition) is 7. The van der Waals surface area contributed by atoms with Gasteiger partial charge in [-0.05, 0) is 85.2 Å². The molecule has 6 rings (SSSR count). The zero-order valence-corrected chi connectivity index (χ0v) is 26.0. The molecule has 4 heterocycles. The van der Waals surface area contributed by atoms with E-state index in [1.54, 1.807) is 42.3 Å². The second kappa shape index (κ2) is 12.3. The number of rotatable bonds is 6. The molecule has 1 aliphatic carbocycles. The zero-order valence-electron chi connectivity index (χ0n) is 23.5. The van der Waals surface area contributed by atoms with Crippen LogP contribution in [0.25, 0.3) is 6.08 Å². The summed E-state index contributed by atoms with van der Waals surface area (Å²) in [4.78, 5) is 4.93. The molecule has 2 aromatic rings. The summed E-state index contributed by atoms with van der Waals surface area (Å²) in [6, 6.07) is 11.4. The highest BCUT2D eigenvalue weighted by atomic mass is 32.2. The van der Waals surface area contributed by atoms with Crippen LogP contribution in [0.3, 0.4) is 0 Å². The van der Waals surface area contributed by atoms with Crippen LogP contribution in [0.15, 0.2) is 81.3 Å². The predicted octanol–water partition coefficient (Wildman–Crippen LogP) is 5.27. The van der Waals surface area contributed by atoms with Crippen molar-refractivity contribution in [1.29, 1.82) is 0 Å². The first-order valence-corrected chi connectivity index (χ1v) is 17.2. The van der Waals surface area contributed by atoms with Crippen molar-refractivity contribution in [2.45, 2.75) is 24.7 Å². The van der Waals surface area contributed by atoms with Gasteiger partial charge in [-0.2, -0.15) is 0 Å². The molecule has 0 bridgehead atoms. The van der Waals surface area contributed by atoms with Gasteiger partial charge in [0.2, 0.25) is 5.04 Å². The first-order chi connectivity index (χ1) is 19.9. The van der Waals surface area contributed by atoms with Gasteiger partial charge in [0.15, 0.2) is 13.1 Å². The predicted molar refractivity (Wildman–Crippen MR) is 168 cm³/mol. The lowest BCUT2D eigenvalue weighted by molar-refractivity contribution is -0.546. The molecular formula is C31H36N3O4S3+. The van der Waals surface area contributed by atoms with Crippen molar-refractivity contribution in [1.82, 2.24) is 4.31 Å². The van der Waals surface area contributed by atoms with Crippen LogP contribution < -0.4 is 4.90 Å².